The fraction of sp³-hybridized carbons (Fsp3) is 0.600. The van der Waals surface area contributed by atoms with Crippen molar-refractivity contribution in [3.63, 3.8) is 0 Å². The number of ether oxygens (including phenoxy) is 4. The fourth-order valence-electron chi connectivity index (χ4n) is 4.45. The molecule has 0 spiro atoms. The minimum absolute atomic E-state index is 0.575. The molecule has 0 saturated carbocycles. The summed E-state index contributed by atoms with van der Waals surface area (Å²) in [5.74, 6) is 0. The van der Waals surface area contributed by atoms with Crippen molar-refractivity contribution in [3.05, 3.63) is 47.5 Å². The van der Waals surface area contributed by atoms with Gasteiger partial charge in [0, 0.05) is 65.7 Å². The standard InChI is InChI=1S/C30H48N4O4/c1-31(2)27-7-9-29-25(21-27)23-33(5)11-13-35-15-17-37-19-20-38-18-16-36-14-12-34(6)24-26-22-28(32(3)4)8-10-30(26)29/h7-10,21-22H,11-20,23-24H2,1-6H3. The summed E-state index contributed by atoms with van der Waals surface area (Å²) in [4.78, 5) is 8.99. The van der Waals surface area contributed by atoms with Crippen LogP contribution in [0.2, 0.25) is 0 Å². The third-order valence-corrected chi connectivity index (χ3v) is 6.73. The van der Waals surface area contributed by atoms with Gasteiger partial charge in [-0.15, -0.1) is 0 Å². The van der Waals surface area contributed by atoms with Crippen LogP contribution in [0.25, 0.3) is 11.1 Å². The number of likely N-dealkylation sites (N-methyl/N-ethyl adjacent to an activating group) is 2. The van der Waals surface area contributed by atoms with E-state index in [1.807, 2.05) is 0 Å². The molecule has 0 amide bonds. The highest BCUT2D eigenvalue weighted by molar-refractivity contribution is 5.75. The maximum absolute atomic E-state index is 5.82. The molecule has 0 atom stereocenters. The van der Waals surface area contributed by atoms with Crippen LogP contribution < -0.4 is 9.80 Å². The fourth-order valence-corrected chi connectivity index (χ4v) is 4.45. The van der Waals surface area contributed by atoms with E-state index in [1.54, 1.807) is 0 Å². The highest BCUT2D eigenvalue weighted by atomic mass is 16.6. The third kappa shape index (κ3) is 9.84. The second-order valence-corrected chi connectivity index (χ2v) is 10.4. The predicted molar refractivity (Wildman–Crippen MR) is 156 cm³/mol. The van der Waals surface area contributed by atoms with Crippen LogP contribution in [0.3, 0.4) is 0 Å². The first-order valence-corrected chi connectivity index (χ1v) is 13.6. The molecule has 2 aromatic rings. The quantitative estimate of drug-likeness (QED) is 0.588. The van der Waals surface area contributed by atoms with Gasteiger partial charge in [-0.1, -0.05) is 12.1 Å². The van der Waals surface area contributed by atoms with Crippen molar-refractivity contribution in [2.24, 2.45) is 0 Å². The molecule has 1 aliphatic rings. The second kappa shape index (κ2) is 16.0. The third-order valence-electron chi connectivity index (χ3n) is 6.73. The van der Waals surface area contributed by atoms with E-state index >= 15 is 0 Å². The minimum atomic E-state index is 0.575. The molecule has 1 aliphatic heterocycles. The molecule has 0 unspecified atom stereocenters. The Kier molecular flexibility index (Phi) is 12.8. The van der Waals surface area contributed by atoms with Crippen LogP contribution in [0, 0.1) is 0 Å². The van der Waals surface area contributed by atoms with Gasteiger partial charge in [0.1, 0.15) is 0 Å². The van der Waals surface area contributed by atoms with Gasteiger partial charge < -0.3 is 28.7 Å². The van der Waals surface area contributed by atoms with Gasteiger partial charge in [-0.25, -0.2) is 0 Å². The molecule has 0 fully saturated rings. The lowest BCUT2D eigenvalue weighted by Crippen LogP contribution is -2.25. The number of hydrogen-bond donors (Lipinski definition) is 0. The molecule has 2 aromatic carbocycles. The van der Waals surface area contributed by atoms with Gasteiger partial charge in [-0.3, -0.25) is 9.80 Å². The highest BCUT2D eigenvalue weighted by Gasteiger charge is 2.16. The second-order valence-electron chi connectivity index (χ2n) is 10.4. The summed E-state index contributed by atoms with van der Waals surface area (Å²) < 4.78 is 22.9. The molecule has 0 aliphatic carbocycles. The number of nitrogens with zero attached hydrogens (tertiary/aromatic N) is 4. The van der Waals surface area contributed by atoms with E-state index in [9.17, 15) is 0 Å². The molecule has 38 heavy (non-hydrogen) atoms. The molecule has 0 aromatic heterocycles. The lowest BCUT2D eigenvalue weighted by molar-refractivity contribution is -0.00502. The van der Waals surface area contributed by atoms with E-state index in [2.05, 4.69) is 98.3 Å². The van der Waals surface area contributed by atoms with E-state index in [0.717, 1.165) is 26.2 Å². The maximum atomic E-state index is 5.82. The summed E-state index contributed by atoms with van der Waals surface area (Å²) in [6.45, 7) is 8.21. The van der Waals surface area contributed by atoms with Crippen molar-refractivity contribution >= 4 is 11.4 Å². The van der Waals surface area contributed by atoms with E-state index in [-0.39, 0.29) is 0 Å². The van der Waals surface area contributed by atoms with Crippen molar-refractivity contribution in [2.45, 2.75) is 13.1 Å². The van der Waals surface area contributed by atoms with Crippen LogP contribution in [-0.4, -0.2) is 118 Å². The Morgan fingerprint density at radius 1 is 0.526 bits per heavy atom. The van der Waals surface area contributed by atoms with Crippen LogP contribution in [0.5, 0.6) is 0 Å². The Morgan fingerprint density at radius 2 is 0.868 bits per heavy atom. The first-order chi connectivity index (χ1) is 18.3. The maximum Gasteiger partial charge on any atom is 0.0701 e. The van der Waals surface area contributed by atoms with Crippen molar-refractivity contribution < 1.29 is 18.9 Å². The zero-order valence-corrected chi connectivity index (χ0v) is 24.4. The molecule has 0 N–H and O–H groups in total. The molecule has 3 rings (SSSR count). The zero-order valence-electron chi connectivity index (χ0n) is 24.4. The summed E-state index contributed by atoms with van der Waals surface area (Å²) in [5.41, 5.74) is 7.60. The molecule has 0 radical (unpaired) electrons. The summed E-state index contributed by atoms with van der Waals surface area (Å²) in [5, 5.41) is 0. The van der Waals surface area contributed by atoms with Crippen LogP contribution >= 0.6 is 0 Å². The van der Waals surface area contributed by atoms with Crippen molar-refractivity contribution in [2.75, 3.05) is 118 Å². The van der Waals surface area contributed by atoms with Crippen LogP contribution in [0.1, 0.15) is 11.1 Å². The Bertz CT molecular complexity index is 892. The van der Waals surface area contributed by atoms with Crippen molar-refractivity contribution in [1.82, 2.24) is 9.80 Å². The Morgan fingerprint density at radius 3 is 1.21 bits per heavy atom. The van der Waals surface area contributed by atoms with Gasteiger partial charge in [-0.2, -0.15) is 0 Å². The van der Waals surface area contributed by atoms with Crippen LogP contribution in [0.15, 0.2) is 36.4 Å². The monoisotopic (exact) mass is 528 g/mol. The van der Waals surface area contributed by atoms with E-state index < -0.39 is 0 Å². The summed E-state index contributed by atoms with van der Waals surface area (Å²) in [6.07, 6.45) is 0. The molecule has 0 bridgehead atoms. The average molecular weight is 529 g/mol. The molecule has 1 heterocycles. The number of benzene rings is 2. The average Bonchev–Trinajstić information content (AvgIpc) is 2.88. The predicted octanol–water partition coefficient (Wildman–Crippen LogP) is 3.43. The number of anilines is 2. The smallest absolute Gasteiger partial charge is 0.0701 e. The molecular weight excluding hydrogens is 480 g/mol. The molecule has 212 valence electrons. The SMILES string of the molecule is CN1CCOCCOCCOCCOCCN(C)Cc2cc(N(C)C)ccc2-c2ccc(N(C)C)cc2C1. The van der Waals surface area contributed by atoms with Gasteiger partial charge in [0.05, 0.1) is 52.9 Å². The largest absolute Gasteiger partial charge is 0.378 e. The molecular formula is C30H48N4O4. The lowest BCUT2D eigenvalue weighted by atomic mass is 9.93. The first kappa shape index (κ1) is 30.3. The van der Waals surface area contributed by atoms with Crippen LogP contribution in [-0.2, 0) is 32.0 Å². The Balaban J connectivity index is 1.90. The van der Waals surface area contributed by atoms with Gasteiger partial charge in [0.2, 0.25) is 0 Å². The Hall–Kier alpha value is -2.20. The van der Waals surface area contributed by atoms with Gasteiger partial charge in [0.25, 0.3) is 0 Å². The summed E-state index contributed by atoms with van der Waals surface area (Å²) >= 11 is 0. The normalized spacial score (nSPS) is 18.5. The van der Waals surface area contributed by atoms with Crippen LogP contribution in [0.4, 0.5) is 11.4 Å². The number of hydrogen-bond acceptors (Lipinski definition) is 8. The lowest BCUT2D eigenvalue weighted by Gasteiger charge is -2.25. The summed E-state index contributed by atoms with van der Waals surface area (Å²) in [7, 11) is 12.7. The van der Waals surface area contributed by atoms with E-state index in [0.29, 0.717) is 52.9 Å². The van der Waals surface area contributed by atoms with Crippen molar-refractivity contribution in [1.29, 1.82) is 0 Å². The minimum Gasteiger partial charge on any atom is -0.378 e. The van der Waals surface area contributed by atoms with Crippen molar-refractivity contribution in [3.8, 4) is 11.1 Å². The Labute approximate surface area is 230 Å². The molecule has 0 saturated heterocycles. The van der Waals surface area contributed by atoms with Gasteiger partial charge in [-0.05, 0) is 60.6 Å². The summed E-state index contributed by atoms with van der Waals surface area (Å²) in [6, 6.07) is 13.6. The number of fused-ring (bicyclic) bond motifs is 3. The first-order valence-electron chi connectivity index (χ1n) is 13.6. The molecule has 8 heteroatoms. The van der Waals surface area contributed by atoms with Gasteiger partial charge in [0.15, 0.2) is 0 Å². The zero-order chi connectivity index (χ0) is 27.3. The molecule has 8 nitrogen and oxygen atoms in total. The number of rotatable bonds is 2. The topological polar surface area (TPSA) is 49.9 Å². The van der Waals surface area contributed by atoms with Gasteiger partial charge >= 0.3 is 0 Å². The highest BCUT2D eigenvalue weighted by Crippen LogP contribution is 2.33. The van der Waals surface area contributed by atoms with E-state index in [1.165, 1.54) is 33.6 Å². The van der Waals surface area contributed by atoms with E-state index in [4.69, 9.17) is 18.9 Å².